The Morgan fingerprint density at radius 2 is 2.21 bits per heavy atom. The van der Waals surface area contributed by atoms with E-state index in [-0.39, 0.29) is 5.75 Å². The van der Waals surface area contributed by atoms with Gasteiger partial charge in [-0.25, -0.2) is 0 Å². The van der Waals surface area contributed by atoms with Crippen LogP contribution in [0.15, 0.2) is 46.5 Å². The van der Waals surface area contributed by atoms with E-state index in [1.54, 1.807) is 24.3 Å². The number of rotatable bonds is 4. The second-order valence-electron chi connectivity index (χ2n) is 4.52. The Balaban J connectivity index is 2.37. The molecule has 0 heterocycles. The summed E-state index contributed by atoms with van der Waals surface area (Å²) in [5.74, 6) is 0.0826. The van der Waals surface area contributed by atoms with Gasteiger partial charge in [-0.1, -0.05) is 34.1 Å². The van der Waals surface area contributed by atoms with Crippen LogP contribution in [-0.4, -0.2) is 23.4 Å². The molecule has 0 aliphatic heterocycles. The van der Waals surface area contributed by atoms with Gasteiger partial charge in [-0.15, -0.1) is 0 Å². The van der Waals surface area contributed by atoms with Gasteiger partial charge in [-0.2, -0.15) is 0 Å². The molecule has 2 rings (SSSR count). The lowest BCUT2D eigenvalue weighted by Crippen LogP contribution is -2.26. The zero-order valence-corrected chi connectivity index (χ0v) is 12.4. The molecule has 1 unspecified atom stereocenters. The number of hydrogen-bond donors (Lipinski definition) is 2. The Labute approximate surface area is 121 Å². The number of aromatic hydroxyl groups is 1. The summed E-state index contributed by atoms with van der Waals surface area (Å²) in [7, 11) is 0. The molecule has 1 aromatic carbocycles. The monoisotopic (exact) mass is 324 g/mol. The normalized spacial score (nSPS) is 22.4. The predicted molar refractivity (Wildman–Crippen MR) is 78.0 cm³/mol. The van der Waals surface area contributed by atoms with Crippen molar-refractivity contribution in [2.24, 2.45) is 0 Å². The van der Waals surface area contributed by atoms with Crippen LogP contribution in [-0.2, 0) is 10.3 Å². The average Bonchev–Trinajstić information content (AvgIpc) is 2.36. The fourth-order valence-electron chi connectivity index (χ4n) is 2.23. The van der Waals surface area contributed by atoms with Crippen LogP contribution in [0.1, 0.15) is 18.9 Å². The van der Waals surface area contributed by atoms with Gasteiger partial charge in [0, 0.05) is 23.1 Å². The quantitative estimate of drug-likeness (QED) is 0.893. The number of halogens is 1. The summed E-state index contributed by atoms with van der Waals surface area (Å²) in [5.41, 5.74) is 0.199. The Morgan fingerprint density at radius 3 is 2.89 bits per heavy atom. The highest BCUT2D eigenvalue weighted by atomic mass is 79.9. The number of phenolic OH excluding ortho intramolecular Hbond substituents is 1. The lowest BCUT2D eigenvalue weighted by molar-refractivity contribution is 0.0844. The molecule has 0 aromatic heterocycles. The Morgan fingerprint density at radius 1 is 1.42 bits per heavy atom. The molecule has 1 aliphatic rings. The molecule has 1 atom stereocenters. The number of ether oxygens (including phenoxy) is 1. The molecule has 1 aromatic rings. The molecule has 19 heavy (non-hydrogen) atoms. The predicted octanol–water partition coefficient (Wildman–Crippen LogP) is 3.27. The number of hydrogen-bond acceptors (Lipinski definition) is 3. The summed E-state index contributed by atoms with van der Waals surface area (Å²) in [6.07, 6.45) is 6.02. The van der Waals surface area contributed by atoms with Gasteiger partial charge >= 0.3 is 0 Å². The van der Waals surface area contributed by atoms with Crippen LogP contribution < -0.4 is 0 Å². The SMILES string of the molecule is CCOCC1=CC(O)(c2c(O)cccc2Br)CC=C1. The fraction of sp³-hybridized carbons (Fsp3) is 0.333. The highest BCUT2D eigenvalue weighted by Crippen LogP contribution is 2.41. The lowest BCUT2D eigenvalue weighted by atomic mass is 9.84. The minimum atomic E-state index is -1.20. The number of aliphatic hydroxyl groups is 1. The third-order valence-corrected chi connectivity index (χ3v) is 3.74. The van der Waals surface area contributed by atoms with Gasteiger partial charge in [0.05, 0.1) is 6.61 Å². The molecule has 4 heteroatoms. The van der Waals surface area contributed by atoms with Crippen molar-refractivity contribution in [1.82, 2.24) is 0 Å². The highest BCUT2D eigenvalue weighted by molar-refractivity contribution is 9.10. The summed E-state index contributed by atoms with van der Waals surface area (Å²) in [4.78, 5) is 0. The summed E-state index contributed by atoms with van der Waals surface area (Å²) in [5, 5.41) is 20.8. The van der Waals surface area contributed by atoms with Crippen molar-refractivity contribution < 1.29 is 14.9 Å². The minimum absolute atomic E-state index is 0.0826. The first-order valence-corrected chi connectivity index (χ1v) is 7.02. The molecule has 0 amide bonds. The Bertz CT molecular complexity index is 502. The van der Waals surface area contributed by atoms with E-state index in [0.717, 1.165) is 5.57 Å². The first-order valence-electron chi connectivity index (χ1n) is 6.23. The van der Waals surface area contributed by atoms with E-state index in [2.05, 4.69) is 15.9 Å². The van der Waals surface area contributed by atoms with Gasteiger partial charge in [-0.05, 0) is 30.7 Å². The van der Waals surface area contributed by atoms with E-state index >= 15 is 0 Å². The van der Waals surface area contributed by atoms with Gasteiger partial charge in [0.15, 0.2) is 0 Å². The van der Waals surface area contributed by atoms with Crippen molar-refractivity contribution in [1.29, 1.82) is 0 Å². The number of benzene rings is 1. The average molecular weight is 325 g/mol. The molecular formula is C15H17BrO3. The maximum atomic E-state index is 10.8. The van der Waals surface area contributed by atoms with Gasteiger partial charge in [0.2, 0.25) is 0 Å². The zero-order valence-electron chi connectivity index (χ0n) is 10.8. The highest BCUT2D eigenvalue weighted by Gasteiger charge is 2.32. The van der Waals surface area contributed by atoms with Gasteiger partial charge in [0.1, 0.15) is 11.4 Å². The maximum Gasteiger partial charge on any atom is 0.123 e. The summed E-state index contributed by atoms with van der Waals surface area (Å²) in [6.45, 7) is 3.02. The molecule has 0 radical (unpaired) electrons. The largest absolute Gasteiger partial charge is 0.508 e. The summed E-state index contributed by atoms with van der Waals surface area (Å²) >= 11 is 3.39. The first-order chi connectivity index (χ1) is 9.07. The van der Waals surface area contributed by atoms with Crippen molar-refractivity contribution in [2.45, 2.75) is 18.9 Å². The third-order valence-electron chi connectivity index (χ3n) is 3.08. The van der Waals surface area contributed by atoms with Gasteiger partial charge < -0.3 is 14.9 Å². The van der Waals surface area contributed by atoms with Crippen LogP contribution in [0.25, 0.3) is 0 Å². The second-order valence-corrected chi connectivity index (χ2v) is 5.38. The van der Waals surface area contributed by atoms with Crippen LogP contribution in [0.5, 0.6) is 5.75 Å². The second kappa shape index (κ2) is 5.90. The first kappa shape index (κ1) is 14.3. The van der Waals surface area contributed by atoms with Crippen molar-refractivity contribution in [3.05, 3.63) is 52.0 Å². The zero-order chi connectivity index (χ0) is 13.9. The van der Waals surface area contributed by atoms with E-state index in [1.165, 1.54) is 0 Å². The smallest absolute Gasteiger partial charge is 0.123 e. The van der Waals surface area contributed by atoms with Crippen LogP contribution in [0.3, 0.4) is 0 Å². The van der Waals surface area contributed by atoms with E-state index in [4.69, 9.17) is 4.74 Å². The molecule has 0 spiro atoms. The molecule has 3 nitrogen and oxygen atoms in total. The van der Waals surface area contributed by atoms with E-state index in [1.807, 2.05) is 19.1 Å². The Kier molecular flexibility index (Phi) is 4.45. The lowest BCUT2D eigenvalue weighted by Gasteiger charge is -2.29. The van der Waals surface area contributed by atoms with Crippen LogP contribution in [0.2, 0.25) is 0 Å². The molecular weight excluding hydrogens is 308 g/mol. The van der Waals surface area contributed by atoms with E-state index in [0.29, 0.717) is 29.7 Å². The molecule has 0 fully saturated rings. The van der Waals surface area contributed by atoms with E-state index in [9.17, 15) is 10.2 Å². The van der Waals surface area contributed by atoms with Crippen LogP contribution >= 0.6 is 15.9 Å². The molecule has 0 saturated carbocycles. The molecule has 2 N–H and O–H groups in total. The summed E-state index contributed by atoms with van der Waals surface area (Å²) < 4.78 is 6.05. The number of phenols is 1. The Hall–Kier alpha value is -1.10. The van der Waals surface area contributed by atoms with Crippen molar-refractivity contribution in [2.75, 3.05) is 13.2 Å². The van der Waals surface area contributed by atoms with Gasteiger partial charge in [0.25, 0.3) is 0 Å². The topological polar surface area (TPSA) is 49.7 Å². The molecule has 0 bridgehead atoms. The minimum Gasteiger partial charge on any atom is -0.508 e. The standard InChI is InChI=1S/C15H17BrO3/c1-2-19-10-11-5-4-8-15(18,9-11)14-12(16)6-3-7-13(14)17/h3-7,9,17-18H,2,8,10H2,1H3. The molecule has 1 aliphatic carbocycles. The maximum absolute atomic E-state index is 10.8. The van der Waals surface area contributed by atoms with Gasteiger partial charge in [-0.3, -0.25) is 0 Å². The van der Waals surface area contributed by atoms with Crippen molar-refractivity contribution in [3.63, 3.8) is 0 Å². The van der Waals surface area contributed by atoms with Crippen molar-refractivity contribution in [3.8, 4) is 5.75 Å². The fourth-order valence-corrected chi connectivity index (χ4v) is 2.93. The van der Waals surface area contributed by atoms with Crippen LogP contribution in [0, 0.1) is 0 Å². The third kappa shape index (κ3) is 3.08. The van der Waals surface area contributed by atoms with Crippen LogP contribution in [0.4, 0.5) is 0 Å². The summed E-state index contributed by atoms with van der Waals surface area (Å²) in [6, 6.07) is 5.11. The molecule has 0 saturated heterocycles. The van der Waals surface area contributed by atoms with E-state index < -0.39 is 5.60 Å². The molecule has 102 valence electrons. The van der Waals surface area contributed by atoms with Crippen molar-refractivity contribution >= 4 is 15.9 Å².